The highest BCUT2D eigenvalue weighted by molar-refractivity contribution is 5.81. The van der Waals surface area contributed by atoms with Gasteiger partial charge in [0.2, 0.25) is 0 Å². The minimum absolute atomic E-state index is 0.00823. The minimum Gasteiger partial charge on any atom is -0.423 e. The van der Waals surface area contributed by atoms with Crippen LogP contribution in [0.3, 0.4) is 0 Å². The first-order valence-corrected chi connectivity index (χ1v) is 26.3. The SMILES string of the molecule is CCCCCC(=O)Oc1ccc(-c2nc(-c3ccc(OC(=O)CCCCC)c(OC(=O)CCCCC)c3)nc(-c3ccc(OC(=O)CCCCC)c(OC(=O)CCCCC)c3)n2)cc1OC(=O)CCCCC. The van der Waals surface area contributed by atoms with Gasteiger partial charge in [-0.3, -0.25) is 28.8 Å². The van der Waals surface area contributed by atoms with Gasteiger partial charge in [-0.1, -0.05) is 119 Å². The summed E-state index contributed by atoms with van der Waals surface area (Å²) in [5.41, 5.74) is 1.05. The number of aromatic nitrogens is 3. The molecule has 15 nitrogen and oxygen atoms in total. The zero-order chi connectivity index (χ0) is 52.1. The van der Waals surface area contributed by atoms with E-state index >= 15 is 0 Å². The van der Waals surface area contributed by atoms with Gasteiger partial charge in [-0.05, 0) is 93.1 Å². The summed E-state index contributed by atoms with van der Waals surface area (Å²) in [6.45, 7) is 12.2. The molecular formula is C57H75N3O12. The number of hydrogen-bond donors (Lipinski definition) is 0. The van der Waals surface area contributed by atoms with E-state index in [1.54, 1.807) is 18.2 Å². The Balaban J connectivity index is 1.94. The first kappa shape index (κ1) is 58.1. The molecule has 0 bridgehead atoms. The summed E-state index contributed by atoms with van der Waals surface area (Å²) in [5, 5.41) is 0. The molecular weight excluding hydrogens is 919 g/mol. The lowest BCUT2D eigenvalue weighted by atomic mass is 10.1. The molecule has 4 rings (SSSR count). The van der Waals surface area contributed by atoms with Gasteiger partial charge in [0.1, 0.15) is 0 Å². The van der Waals surface area contributed by atoms with Crippen molar-refractivity contribution in [2.24, 2.45) is 0 Å². The zero-order valence-electron chi connectivity index (χ0n) is 43.4. The Bertz CT molecular complexity index is 2130. The van der Waals surface area contributed by atoms with Crippen LogP contribution in [-0.4, -0.2) is 50.8 Å². The highest BCUT2D eigenvalue weighted by Crippen LogP contribution is 2.38. The molecule has 72 heavy (non-hydrogen) atoms. The van der Waals surface area contributed by atoms with Gasteiger partial charge in [0.15, 0.2) is 52.0 Å². The van der Waals surface area contributed by atoms with Crippen LogP contribution in [0.25, 0.3) is 34.2 Å². The van der Waals surface area contributed by atoms with Crippen LogP contribution >= 0.6 is 0 Å². The Morgan fingerprint density at radius 3 is 0.681 bits per heavy atom. The van der Waals surface area contributed by atoms with E-state index in [-0.39, 0.29) is 90.5 Å². The summed E-state index contributed by atoms with van der Waals surface area (Å²) < 4.78 is 34.9. The average molecular weight is 994 g/mol. The van der Waals surface area contributed by atoms with Crippen LogP contribution in [0.2, 0.25) is 0 Å². The van der Waals surface area contributed by atoms with Gasteiger partial charge in [-0.15, -0.1) is 0 Å². The number of carbonyl (C=O) groups is 6. The number of esters is 6. The predicted octanol–water partition coefficient (Wildman–Crippen LogP) is 13.8. The summed E-state index contributed by atoms with van der Waals surface area (Å²) in [4.78, 5) is 93.2. The van der Waals surface area contributed by atoms with Crippen molar-refractivity contribution in [3.63, 3.8) is 0 Å². The number of nitrogens with zero attached hydrogens (tertiary/aromatic N) is 3. The van der Waals surface area contributed by atoms with E-state index in [2.05, 4.69) is 0 Å². The van der Waals surface area contributed by atoms with Crippen LogP contribution in [0.15, 0.2) is 54.6 Å². The lowest BCUT2D eigenvalue weighted by Crippen LogP contribution is -2.13. The largest absolute Gasteiger partial charge is 0.423 e. The van der Waals surface area contributed by atoms with Crippen LogP contribution in [0.4, 0.5) is 0 Å². The zero-order valence-corrected chi connectivity index (χ0v) is 43.4. The van der Waals surface area contributed by atoms with Crippen molar-refractivity contribution in [2.75, 3.05) is 0 Å². The number of unbranched alkanes of at least 4 members (excludes halogenated alkanes) is 12. The van der Waals surface area contributed by atoms with Crippen molar-refractivity contribution in [3.05, 3.63) is 54.6 Å². The molecule has 3 aromatic carbocycles. The van der Waals surface area contributed by atoms with E-state index in [1.807, 2.05) is 41.5 Å². The van der Waals surface area contributed by atoms with Crippen LogP contribution < -0.4 is 28.4 Å². The van der Waals surface area contributed by atoms with Crippen molar-refractivity contribution >= 4 is 35.8 Å². The molecule has 1 aromatic heterocycles. The first-order chi connectivity index (χ1) is 34.9. The Morgan fingerprint density at radius 2 is 0.486 bits per heavy atom. The molecule has 0 unspecified atom stereocenters. The van der Waals surface area contributed by atoms with Gasteiger partial charge >= 0.3 is 35.8 Å². The van der Waals surface area contributed by atoms with Crippen LogP contribution in [0.5, 0.6) is 34.5 Å². The van der Waals surface area contributed by atoms with Crippen LogP contribution in [0.1, 0.15) is 196 Å². The molecule has 0 aliphatic heterocycles. The molecule has 0 saturated carbocycles. The number of hydrogen-bond acceptors (Lipinski definition) is 15. The van der Waals surface area contributed by atoms with Crippen LogP contribution in [0, 0.1) is 0 Å². The number of rotatable bonds is 33. The molecule has 0 amide bonds. The third kappa shape index (κ3) is 20.3. The number of carbonyl (C=O) groups excluding carboxylic acids is 6. The Labute approximate surface area is 425 Å². The summed E-state index contributed by atoms with van der Waals surface area (Å²) in [7, 11) is 0. The predicted molar refractivity (Wildman–Crippen MR) is 275 cm³/mol. The van der Waals surface area contributed by atoms with Crippen molar-refractivity contribution in [1.82, 2.24) is 15.0 Å². The molecule has 0 spiro atoms. The smallest absolute Gasteiger partial charge is 0.311 e. The highest BCUT2D eigenvalue weighted by atomic mass is 16.6. The number of ether oxygens (including phenoxy) is 6. The minimum atomic E-state index is -0.508. The second-order valence-corrected chi connectivity index (χ2v) is 17.9. The van der Waals surface area contributed by atoms with E-state index in [1.165, 1.54) is 36.4 Å². The van der Waals surface area contributed by atoms with Crippen LogP contribution in [-0.2, 0) is 28.8 Å². The Kier molecular flexibility index (Phi) is 26.2. The highest BCUT2D eigenvalue weighted by Gasteiger charge is 2.23. The third-order valence-electron chi connectivity index (χ3n) is 11.5. The molecule has 0 saturated heterocycles. The lowest BCUT2D eigenvalue weighted by Gasteiger charge is -2.15. The summed E-state index contributed by atoms with van der Waals surface area (Å²) >= 11 is 0. The van der Waals surface area contributed by atoms with Gasteiger partial charge in [0.05, 0.1) is 0 Å². The van der Waals surface area contributed by atoms with Crippen molar-refractivity contribution in [3.8, 4) is 68.7 Å². The molecule has 0 N–H and O–H groups in total. The fourth-order valence-corrected chi connectivity index (χ4v) is 7.36. The maximum atomic E-state index is 13.2. The van der Waals surface area contributed by atoms with Gasteiger partial charge in [0.25, 0.3) is 0 Å². The lowest BCUT2D eigenvalue weighted by molar-refractivity contribution is -0.137. The summed E-state index contributed by atoms with van der Waals surface area (Å²) in [6, 6.07) is 14.0. The van der Waals surface area contributed by atoms with Crippen molar-refractivity contribution in [1.29, 1.82) is 0 Å². The molecule has 0 fully saturated rings. The van der Waals surface area contributed by atoms with E-state index in [4.69, 9.17) is 43.4 Å². The van der Waals surface area contributed by atoms with Crippen molar-refractivity contribution < 1.29 is 57.2 Å². The molecule has 0 radical (unpaired) electrons. The van der Waals surface area contributed by atoms with E-state index in [0.717, 1.165) is 77.0 Å². The maximum absolute atomic E-state index is 13.2. The van der Waals surface area contributed by atoms with E-state index in [9.17, 15) is 28.8 Å². The van der Waals surface area contributed by atoms with Gasteiger partial charge in [0, 0.05) is 55.2 Å². The molecule has 390 valence electrons. The summed E-state index contributed by atoms with van der Waals surface area (Å²) in [6.07, 6.45) is 15.2. The first-order valence-electron chi connectivity index (χ1n) is 26.3. The summed E-state index contributed by atoms with van der Waals surface area (Å²) in [5.74, 6) is -2.55. The third-order valence-corrected chi connectivity index (χ3v) is 11.5. The molecule has 0 atom stereocenters. The Morgan fingerprint density at radius 1 is 0.292 bits per heavy atom. The Hall–Kier alpha value is -6.51. The fourth-order valence-electron chi connectivity index (χ4n) is 7.36. The normalized spacial score (nSPS) is 10.9. The molecule has 0 aliphatic rings. The van der Waals surface area contributed by atoms with Gasteiger partial charge in [-0.2, -0.15) is 0 Å². The molecule has 4 aromatic rings. The molecule has 1 heterocycles. The topological polar surface area (TPSA) is 196 Å². The maximum Gasteiger partial charge on any atom is 0.311 e. The fraction of sp³-hybridized carbons (Fsp3) is 0.526. The van der Waals surface area contributed by atoms with E-state index in [0.29, 0.717) is 55.2 Å². The standard InChI is InChI=1S/C57H75N3O12/c1-7-13-19-25-49(61)67-43-34-31-40(37-46(43)70-52(64)28-22-16-10-4)55-58-56(41-32-35-44(68-50(62)26-20-14-8-2)47(38-41)71-53(65)29-23-17-11-5)60-57(59-55)42-33-36-45(69-51(63)27-21-15-9-3)48(39-42)72-54(66)30-24-18-12-6/h31-39H,7-30H2,1-6H3. The quantitative estimate of drug-likeness (QED) is 0.0248. The average Bonchev–Trinajstić information content (AvgIpc) is 3.36. The molecule has 0 aliphatic carbocycles. The number of benzene rings is 3. The monoisotopic (exact) mass is 994 g/mol. The second-order valence-electron chi connectivity index (χ2n) is 17.9. The van der Waals surface area contributed by atoms with Gasteiger partial charge in [-0.25, -0.2) is 15.0 Å². The van der Waals surface area contributed by atoms with Gasteiger partial charge < -0.3 is 28.4 Å². The second kappa shape index (κ2) is 32.5. The molecule has 15 heteroatoms. The van der Waals surface area contributed by atoms with E-state index < -0.39 is 35.8 Å². The van der Waals surface area contributed by atoms with Crippen molar-refractivity contribution in [2.45, 2.75) is 196 Å².